The van der Waals surface area contributed by atoms with Crippen LogP contribution in [0.1, 0.15) is 39.4 Å². The number of carbonyl (C=O) groups excluding carboxylic acids is 1. The molecule has 0 fully saturated rings. The van der Waals surface area contributed by atoms with Crippen LogP contribution in [-0.2, 0) is 17.8 Å². The molecule has 1 aromatic heterocycles. The van der Waals surface area contributed by atoms with E-state index in [1.54, 1.807) is 11.6 Å². The topological polar surface area (TPSA) is 73.8 Å². The Morgan fingerprint density at radius 3 is 2.81 bits per heavy atom. The van der Waals surface area contributed by atoms with Gasteiger partial charge >= 0.3 is 0 Å². The second-order valence-corrected chi connectivity index (χ2v) is 4.26. The van der Waals surface area contributed by atoms with Crippen LogP contribution in [0.15, 0.2) is 6.33 Å². The third-order valence-corrected chi connectivity index (χ3v) is 2.72. The molecule has 5 nitrogen and oxygen atoms in total. The van der Waals surface area contributed by atoms with E-state index in [9.17, 15) is 4.79 Å². The van der Waals surface area contributed by atoms with Crippen LogP contribution in [-0.4, -0.2) is 26.1 Å². The van der Waals surface area contributed by atoms with E-state index in [0.717, 1.165) is 13.0 Å². The summed E-state index contributed by atoms with van der Waals surface area (Å²) in [7, 11) is 0. The monoisotopic (exact) mass is 224 g/mol. The van der Waals surface area contributed by atoms with Gasteiger partial charge in [-0.2, -0.15) is 5.10 Å². The SMILES string of the molecule is CCCC(C)(N)C(=O)Cc1ncnn1CC. The van der Waals surface area contributed by atoms with E-state index >= 15 is 0 Å². The van der Waals surface area contributed by atoms with Gasteiger partial charge in [0.25, 0.3) is 0 Å². The van der Waals surface area contributed by atoms with Crippen molar-refractivity contribution in [1.29, 1.82) is 0 Å². The summed E-state index contributed by atoms with van der Waals surface area (Å²) in [6.45, 7) is 6.49. The minimum Gasteiger partial charge on any atom is -0.319 e. The molecule has 0 saturated carbocycles. The Bertz CT molecular complexity index is 357. The molecule has 1 aromatic rings. The summed E-state index contributed by atoms with van der Waals surface area (Å²) in [5, 5.41) is 4.03. The van der Waals surface area contributed by atoms with Gasteiger partial charge in [0.1, 0.15) is 12.2 Å². The van der Waals surface area contributed by atoms with Gasteiger partial charge in [-0.15, -0.1) is 0 Å². The number of Topliss-reactive ketones (excluding diaryl/α,β-unsaturated/α-hetero) is 1. The van der Waals surface area contributed by atoms with E-state index in [0.29, 0.717) is 12.2 Å². The third-order valence-electron chi connectivity index (χ3n) is 2.72. The molecule has 5 heteroatoms. The van der Waals surface area contributed by atoms with Crippen LogP contribution in [0.3, 0.4) is 0 Å². The van der Waals surface area contributed by atoms with E-state index in [2.05, 4.69) is 10.1 Å². The fraction of sp³-hybridized carbons (Fsp3) is 0.727. The third kappa shape index (κ3) is 2.88. The number of nitrogens with zero attached hydrogens (tertiary/aromatic N) is 3. The lowest BCUT2D eigenvalue weighted by Gasteiger charge is -2.21. The maximum atomic E-state index is 12.0. The molecule has 0 aliphatic carbocycles. The number of aryl methyl sites for hydroxylation is 1. The number of hydrogen-bond donors (Lipinski definition) is 1. The highest BCUT2D eigenvalue weighted by Crippen LogP contribution is 2.12. The summed E-state index contributed by atoms with van der Waals surface area (Å²) in [6.07, 6.45) is 3.34. The van der Waals surface area contributed by atoms with Crippen LogP contribution in [0.25, 0.3) is 0 Å². The molecule has 90 valence electrons. The van der Waals surface area contributed by atoms with Crippen LogP contribution in [0, 0.1) is 0 Å². The first-order chi connectivity index (χ1) is 7.51. The fourth-order valence-corrected chi connectivity index (χ4v) is 1.69. The van der Waals surface area contributed by atoms with Crippen LogP contribution >= 0.6 is 0 Å². The number of carbonyl (C=O) groups is 1. The van der Waals surface area contributed by atoms with Gasteiger partial charge in [-0.05, 0) is 20.3 Å². The van der Waals surface area contributed by atoms with Crippen molar-refractivity contribution in [1.82, 2.24) is 14.8 Å². The van der Waals surface area contributed by atoms with Gasteiger partial charge in [0.2, 0.25) is 0 Å². The molecule has 0 amide bonds. The standard InChI is InChI=1S/C11H20N4O/c1-4-6-11(3,12)9(16)7-10-13-8-14-15(10)5-2/h8H,4-7,12H2,1-3H3. The zero-order valence-electron chi connectivity index (χ0n) is 10.2. The van der Waals surface area contributed by atoms with Gasteiger partial charge in [-0.3, -0.25) is 4.79 Å². The molecule has 1 heterocycles. The summed E-state index contributed by atoms with van der Waals surface area (Å²) in [5.74, 6) is 0.720. The maximum Gasteiger partial charge on any atom is 0.159 e. The zero-order chi connectivity index (χ0) is 12.2. The molecule has 0 radical (unpaired) electrons. The van der Waals surface area contributed by atoms with Gasteiger partial charge < -0.3 is 5.73 Å². The van der Waals surface area contributed by atoms with Crippen LogP contribution < -0.4 is 5.73 Å². The molecule has 2 N–H and O–H groups in total. The molecule has 0 aliphatic rings. The van der Waals surface area contributed by atoms with Crippen molar-refractivity contribution in [2.45, 2.75) is 52.1 Å². The van der Waals surface area contributed by atoms with E-state index in [1.807, 2.05) is 13.8 Å². The highest BCUT2D eigenvalue weighted by molar-refractivity contribution is 5.89. The quantitative estimate of drug-likeness (QED) is 0.780. The Labute approximate surface area is 96.0 Å². The lowest BCUT2D eigenvalue weighted by molar-refractivity contribution is -0.123. The van der Waals surface area contributed by atoms with Crippen molar-refractivity contribution >= 4 is 5.78 Å². The van der Waals surface area contributed by atoms with Crippen molar-refractivity contribution in [2.24, 2.45) is 5.73 Å². The van der Waals surface area contributed by atoms with E-state index in [1.165, 1.54) is 6.33 Å². The molecule has 0 aliphatic heterocycles. The lowest BCUT2D eigenvalue weighted by atomic mass is 9.90. The average Bonchev–Trinajstić information content (AvgIpc) is 2.65. The van der Waals surface area contributed by atoms with E-state index < -0.39 is 5.54 Å². The van der Waals surface area contributed by atoms with E-state index in [-0.39, 0.29) is 12.2 Å². The molecule has 0 aromatic carbocycles. The lowest BCUT2D eigenvalue weighted by Crippen LogP contribution is -2.45. The molecule has 0 bridgehead atoms. The molecule has 1 rings (SSSR count). The first kappa shape index (κ1) is 12.8. The number of nitrogens with two attached hydrogens (primary N) is 1. The Morgan fingerprint density at radius 2 is 2.25 bits per heavy atom. The van der Waals surface area contributed by atoms with Gasteiger partial charge in [0, 0.05) is 6.54 Å². The fourth-order valence-electron chi connectivity index (χ4n) is 1.69. The first-order valence-electron chi connectivity index (χ1n) is 5.70. The summed E-state index contributed by atoms with van der Waals surface area (Å²) < 4.78 is 1.72. The van der Waals surface area contributed by atoms with Gasteiger partial charge in [0.15, 0.2) is 5.78 Å². The van der Waals surface area contributed by atoms with E-state index in [4.69, 9.17) is 5.73 Å². The number of hydrogen-bond acceptors (Lipinski definition) is 4. The number of rotatable bonds is 6. The predicted molar refractivity (Wildman–Crippen MR) is 61.9 cm³/mol. The van der Waals surface area contributed by atoms with Gasteiger partial charge in [-0.25, -0.2) is 9.67 Å². The number of aromatic nitrogens is 3. The van der Waals surface area contributed by atoms with Gasteiger partial charge in [-0.1, -0.05) is 13.3 Å². The second kappa shape index (κ2) is 5.21. The Hall–Kier alpha value is -1.23. The number of ketones is 1. The maximum absolute atomic E-state index is 12.0. The predicted octanol–water partition coefficient (Wildman–Crippen LogP) is 0.927. The summed E-state index contributed by atoms with van der Waals surface area (Å²) >= 11 is 0. The molecule has 0 saturated heterocycles. The minimum atomic E-state index is -0.751. The van der Waals surface area contributed by atoms with Crippen LogP contribution in [0.5, 0.6) is 0 Å². The highest BCUT2D eigenvalue weighted by Gasteiger charge is 2.28. The van der Waals surface area contributed by atoms with Crippen molar-refractivity contribution in [3.05, 3.63) is 12.2 Å². The zero-order valence-corrected chi connectivity index (χ0v) is 10.2. The normalized spacial score (nSPS) is 14.8. The summed E-state index contributed by atoms with van der Waals surface area (Å²) in [4.78, 5) is 16.1. The molecule has 0 spiro atoms. The van der Waals surface area contributed by atoms with Crippen LogP contribution in [0.4, 0.5) is 0 Å². The molecular weight excluding hydrogens is 204 g/mol. The van der Waals surface area contributed by atoms with Crippen molar-refractivity contribution in [3.8, 4) is 0 Å². The molecular formula is C11H20N4O. The minimum absolute atomic E-state index is 0.0250. The highest BCUT2D eigenvalue weighted by atomic mass is 16.1. The van der Waals surface area contributed by atoms with Gasteiger partial charge in [0.05, 0.1) is 12.0 Å². The molecule has 1 atom stereocenters. The van der Waals surface area contributed by atoms with Crippen molar-refractivity contribution < 1.29 is 4.79 Å². The molecule has 16 heavy (non-hydrogen) atoms. The largest absolute Gasteiger partial charge is 0.319 e. The Morgan fingerprint density at radius 1 is 1.56 bits per heavy atom. The summed E-state index contributed by atoms with van der Waals surface area (Å²) in [6, 6.07) is 0. The van der Waals surface area contributed by atoms with Crippen molar-refractivity contribution in [3.63, 3.8) is 0 Å². The van der Waals surface area contributed by atoms with Crippen molar-refractivity contribution in [2.75, 3.05) is 0 Å². The average molecular weight is 224 g/mol. The second-order valence-electron chi connectivity index (χ2n) is 4.26. The summed E-state index contributed by atoms with van der Waals surface area (Å²) in [5.41, 5.74) is 5.22. The Kier molecular flexibility index (Phi) is 4.18. The first-order valence-corrected chi connectivity index (χ1v) is 5.70. The smallest absolute Gasteiger partial charge is 0.159 e. The Balaban J connectivity index is 2.71. The molecule has 1 unspecified atom stereocenters. The van der Waals surface area contributed by atoms with Crippen LogP contribution in [0.2, 0.25) is 0 Å².